The van der Waals surface area contributed by atoms with Crippen LogP contribution in [0.5, 0.6) is 0 Å². The first-order valence-electron chi connectivity index (χ1n) is 6.85. The molecule has 0 unspecified atom stereocenters. The molecule has 116 valence electrons. The number of hydrogen-bond acceptors (Lipinski definition) is 3. The first kappa shape index (κ1) is 16.2. The van der Waals surface area contributed by atoms with E-state index in [0.717, 1.165) is 10.0 Å². The molecule has 2 aromatic rings. The van der Waals surface area contributed by atoms with Gasteiger partial charge in [-0.25, -0.2) is 4.68 Å². The zero-order valence-electron chi connectivity index (χ0n) is 12.2. The van der Waals surface area contributed by atoms with E-state index in [0.29, 0.717) is 18.9 Å². The topological polar surface area (TPSA) is 76.0 Å². The zero-order valence-corrected chi connectivity index (χ0v) is 13.8. The van der Waals surface area contributed by atoms with E-state index in [1.807, 2.05) is 24.3 Å². The molecule has 7 heteroatoms. The molecule has 6 nitrogen and oxygen atoms in total. The average molecular weight is 365 g/mol. The first-order valence-corrected chi connectivity index (χ1v) is 7.64. The molecule has 1 heterocycles. The van der Waals surface area contributed by atoms with Crippen LogP contribution in [0.25, 0.3) is 0 Å². The summed E-state index contributed by atoms with van der Waals surface area (Å²) >= 11 is 3.40. The Morgan fingerprint density at radius 3 is 2.64 bits per heavy atom. The Morgan fingerprint density at radius 2 is 1.95 bits per heavy atom. The molecule has 0 aliphatic carbocycles. The van der Waals surface area contributed by atoms with E-state index in [-0.39, 0.29) is 18.2 Å². The van der Waals surface area contributed by atoms with Gasteiger partial charge in [0.1, 0.15) is 5.82 Å². The van der Waals surface area contributed by atoms with Gasteiger partial charge in [-0.05, 0) is 17.7 Å². The second-order valence-corrected chi connectivity index (χ2v) is 5.70. The maximum absolute atomic E-state index is 11.8. The fraction of sp³-hybridized carbons (Fsp3) is 0.267. The number of aromatic nitrogens is 2. The van der Waals surface area contributed by atoms with Gasteiger partial charge in [0.2, 0.25) is 11.8 Å². The summed E-state index contributed by atoms with van der Waals surface area (Å²) < 4.78 is 2.74. The lowest BCUT2D eigenvalue weighted by Gasteiger charge is -2.09. The van der Waals surface area contributed by atoms with Gasteiger partial charge in [0.25, 0.3) is 0 Å². The fourth-order valence-electron chi connectivity index (χ4n) is 1.88. The van der Waals surface area contributed by atoms with Crippen LogP contribution in [0.4, 0.5) is 5.82 Å². The van der Waals surface area contributed by atoms with E-state index in [2.05, 4.69) is 31.7 Å². The van der Waals surface area contributed by atoms with Gasteiger partial charge >= 0.3 is 0 Å². The Balaban J connectivity index is 1.93. The molecule has 0 aliphatic heterocycles. The van der Waals surface area contributed by atoms with Gasteiger partial charge in [-0.2, -0.15) is 5.10 Å². The van der Waals surface area contributed by atoms with Crippen molar-refractivity contribution >= 4 is 33.6 Å². The standard InChI is InChI=1S/C15H17BrN4O2/c1-11(21)17-8-7-15(22)19-14-6-9-18-20(14)10-12-2-4-13(16)5-3-12/h2-6,9H,7-8,10H2,1H3,(H,17,21)(H,19,22). The maximum atomic E-state index is 11.8. The Morgan fingerprint density at radius 1 is 1.23 bits per heavy atom. The number of amides is 2. The van der Waals surface area contributed by atoms with Crippen molar-refractivity contribution in [2.75, 3.05) is 11.9 Å². The zero-order chi connectivity index (χ0) is 15.9. The number of nitrogens with zero attached hydrogens (tertiary/aromatic N) is 2. The van der Waals surface area contributed by atoms with E-state index in [4.69, 9.17) is 0 Å². The van der Waals surface area contributed by atoms with Gasteiger partial charge in [0, 0.05) is 30.4 Å². The minimum atomic E-state index is -0.161. The third-order valence-corrected chi connectivity index (χ3v) is 3.48. The molecule has 1 aromatic heterocycles. The lowest BCUT2D eigenvalue weighted by Crippen LogP contribution is -2.25. The van der Waals surface area contributed by atoms with Crippen molar-refractivity contribution in [2.45, 2.75) is 19.9 Å². The number of halogens is 1. The Labute approximate surface area is 137 Å². The van der Waals surface area contributed by atoms with Crippen molar-refractivity contribution in [1.29, 1.82) is 0 Å². The third-order valence-electron chi connectivity index (χ3n) is 2.96. The van der Waals surface area contributed by atoms with Crippen molar-refractivity contribution in [3.8, 4) is 0 Å². The highest BCUT2D eigenvalue weighted by Gasteiger charge is 2.08. The SMILES string of the molecule is CC(=O)NCCC(=O)Nc1ccnn1Cc1ccc(Br)cc1. The summed E-state index contributed by atoms with van der Waals surface area (Å²) in [6.45, 7) is 2.31. The van der Waals surface area contributed by atoms with Crippen LogP contribution in [0.15, 0.2) is 41.0 Å². The van der Waals surface area contributed by atoms with Crippen molar-refractivity contribution in [2.24, 2.45) is 0 Å². The van der Waals surface area contributed by atoms with Gasteiger partial charge < -0.3 is 10.6 Å². The fourth-order valence-corrected chi connectivity index (χ4v) is 2.15. The molecule has 0 atom stereocenters. The number of nitrogens with one attached hydrogen (secondary N) is 2. The monoisotopic (exact) mass is 364 g/mol. The summed E-state index contributed by atoms with van der Waals surface area (Å²) in [5.41, 5.74) is 1.08. The van der Waals surface area contributed by atoms with Crippen molar-refractivity contribution in [3.63, 3.8) is 0 Å². The number of anilines is 1. The molecule has 0 bridgehead atoms. The molecule has 0 saturated heterocycles. The van der Waals surface area contributed by atoms with Crippen LogP contribution in [0.3, 0.4) is 0 Å². The van der Waals surface area contributed by atoms with Gasteiger partial charge in [0.05, 0.1) is 12.7 Å². The van der Waals surface area contributed by atoms with Gasteiger partial charge in [-0.3, -0.25) is 9.59 Å². The lowest BCUT2D eigenvalue weighted by atomic mass is 10.2. The first-order chi connectivity index (χ1) is 10.5. The summed E-state index contributed by atoms with van der Waals surface area (Å²) in [6.07, 6.45) is 1.87. The van der Waals surface area contributed by atoms with E-state index < -0.39 is 0 Å². The number of rotatable bonds is 6. The van der Waals surface area contributed by atoms with Crippen LogP contribution in [0.2, 0.25) is 0 Å². The Bertz CT molecular complexity index is 652. The second-order valence-electron chi connectivity index (χ2n) is 4.78. The number of benzene rings is 1. The van der Waals surface area contributed by atoms with E-state index in [1.165, 1.54) is 6.92 Å². The summed E-state index contributed by atoms with van der Waals surface area (Å²) in [6, 6.07) is 9.66. The normalized spacial score (nSPS) is 10.3. The molecule has 0 saturated carbocycles. The third kappa shape index (κ3) is 5.00. The van der Waals surface area contributed by atoms with Crippen LogP contribution >= 0.6 is 15.9 Å². The molecule has 2 N–H and O–H groups in total. The maximum Gasteiger partial charge on any atom is 0.227 e. The molecule has 0 spiro atoms. The van der Waals surface area contributed by atoms with Crippen LogP contribution in [-0.4, -0.2) is 28.1 Å². The lowest BCUT2D eigenvalue weighted by molar-refractivity contribution is -0.119. The molecule has 2 rings (SSSR count). The number of carbonyl (C=O) groups is 2. The highest BCUT2D eigenvalue weighted by atomic mass is 79.9. The Hall–Kier alpha value is -2.15. The largest absolute Gasteiger partial charge is 0.356 e. The summed E-state index contributed by atoms with van der Waals surface area (Å²) in [5.74, 6) is 0.329. The van der Waals surface area contributed by atoms with Crippen LogP contribution in [0, 0.1) is 0 Å². The highest BCUT2D eigenvalue weighted by molar-refractivity contribution is 9.10. The van der Waals surface area contributed by atoms with Crippen molar-refractivity contribution in [3.05, 3.63) is 46.6 Å². The van der Waals surface area contributed by atoms with Crippen molar-refractivity contribution < 1.29 is 9.59 Å². The molecule has 0 fully saturated rings. The predicted molar refractivity (Wildman–Crippen MR) is 87.4 cm³/mol. The molecule has 2 amide bonds. The molecular weight excluding hydrogens is 348 g/mol. The minimum absolute atomic E-state index is 0.145. The molecule has 22 heavy (non-hydrogen) atoms. The Kier molecular flexibility index (Phi) is 5.71. The second kappa shape index (κ2) is 7.74. The number of hydrogen-bond donors (Lipinski definition) is 2. The average Bonchev–Trinajstić information content (AvgIpc) is 2.88. The smallest absolute Gasteiger partial charge is 0.227 e. The quantitative estimate of drug-likeness (QED) is 0.824. The highest BCUT2D eigenvalue weighted by Crippen LogP contribution is 2.14. The van der Waals surface area contributed by atoms with Crippen LogP contribution in [0.1, 0.15) is 18.9 Å². The van der Waals surface area contributed by atoms with Crippen molar-refractivity contribution in [1.82, 2.24) is 15.1 Å². The van der Waals surface area contributed by atoms with E-state index in [9.17, 15) is 9.59 Å². The molecule has 0 radical (unpaired) electrons. The summed E-state index contributed by atoms with van der Waals surface area (Å²) in [4.78, 5) is 22.6. The predicted octanol–water partition coefficient (Wildman–Crippen LogP) is 2.16. The van der Waals surface area contributed by atoms with Gasteiger partial charge in [0.15, 0.2) is 0 Å². The van der Waals surface area contributed by atoms with Crippen LogP contribution in [-0.2, 0) is 16.1 Å². The van der Waals surface area contributed by atoms with Gasteiger partial charge in [-0.15, -0.1) is 0 Å². The molecular formula is C15H17BrN4O2. The number of carbonyl (C=O) groups excluding carboxylic acids is 2. The summed E-state index contributed by atoms with van der Waals surface area (Å²) in [5, 5.41) is 9.60. The van der Waals surface area contributed by atoms with E-state index in [1.54, 1.807) is 16.9 Å². The molecule has 1 aromatic carbocycles. The minimum Gasteiger partial charge on any atom is -0.356 e. The molecule has 0 aliphatic rings. The van der Waals surface area contributed by atoms with E-state index >= 15 is 0 Å². The van der Waals surface area contributed by atoms with Gasteiger partial charge in [-0.1, -0.05) is 28.1 Å². The summed E-state index contributed by atoms with van der Waals surface area (Å²) in [7, 11) is 0. The van der Waals surface area contributed by atoms with Crippen LogP contribution < -0.4 is 10.6 Å².